The van der Waals surface area contributed by atoms with Crippen molar-refractivity contribution in [3.05, 3.63) is 65.3 Å². The number of allylic oxidation sites excluding steroid dienone is 1. The lowest BCUT2D eigenvalue weighted by molar-refractivity contribution is -0.00592. The Hall–Kier alpha value is -3.07. The zero-order chi connectivity index (χ0) is 21.3. The molecule has 0 saturated heterocycles. The molecule has 0 aliphatic heterocycles. The molecule has 1 amide bonds. The summed E-state index contributed by atoms with van der Waals surface area (Å²) in [7, 11) is 3.05. The molecule has 0 bridgehead atoms. The first-order valence-corrected chi connectivity index (χ1v) is 8.84. The molecule has 152 valence electrons. The lowest BCUT2D eigenvalue weighted by Crippen LogP contribution is -2.13. The smallest absolute Gasteiger partial charge is 0.294 e. The Morgan fingerprint density at radius 2 is 2.03 bits per heavy atom. The molecule has 0 spiro atoms. The van der Waals surface area contributed by atoms with E-state index >= 15 is 0 Å². The highest BCUT2D eigenvalue weighted by atomic mass is 35.5. The Labute approximate surface area is 169 Å². The van der Waals surface area contributed by atoms with Crippen LogP contribution in [0.25, 0.3) is 11.3 Å². The van der Waals surface area contributed by atoms with Gasteiger partial charge >= 0.3 is 0 Å². The number of hydrogen-bond acceptors (Lipinski definition) is 3. The van der Waals surface area contributed by atoms with E-state index in [9.17, 15) is 18.0 Å². The van der Waals surface area contributed by atoms with Gasteiger partial charge in [0.05, 0.1) is 10.7 Å². The maximum absolute atomic E-state index is 14.7. The zero-order valence-electron chi connectivity index (χ0n) is 15.6. The molecule has 0 fully saturated rings. The number of alkyl halides is 2. The number of halogens is 4. The molecule has 29 heavy (non-hydrogen) atoms. The molecule has 6 nitrogen and oxygen atoms in total. The molecule has 2 aromatic heterocycles. The summed E-state index contributed by atoms with van der Waals surface area (Å²) in [5.41, 5.74) is -0.0744. The fourth-order valence-corrected chi connectivity index (χ4v) is 3.05. The molecular weight excluding hydrogens is 407 g/mol. The van der Waals surface area contributed by atoms with Crippen molar-refractivity contribution in [3.8, 4) is 11.3 Å². The largest absolute Gasteiger partial charge is 0.320 e. The van der Waals surface area contributed by atoms with Gasteiger partial charge < -0.3 is 5.32 Å². The van der Waals surface area contributed by atoms with Crippen LogP contribution in [0.4, 0.5) is 18.9 Å². The Morgan fingerprint density at radius 3 is 2.62 bits per heavy atom. The van der Waals surface area contributed by atoms with Gasteiger partial charge in [0, 0.05) is 38.0 Å². The van der Waals surface area contributed by atoms with Crippen molar-refractivity contribution in [2.75, 3.05) is 5.32 Å². The summed E-state index contributed by atoms with van der Waals surface area (Å²) in [6.07, 6.45) is 1.98. The Morgan fingerprint density at radius 1 is 1.31 bits per heavy atom. The van der Waals surface area contributed by atoms with Crippen molar-refractivity contribution in [1.82, 2.24) is 19.6 Å². The monoisotopic (exact) mass is 423 g/mol. The van der Waals surface area contributed by atoms with Crippen LogP contribution in [0.15, 0.2) is 43.1 Å². The third-order valence-corrected chi connectivity index (χ3v) is 4.43. The second kappa shape index (κ2) is 7.75. The van der Waals surface area contributed by atoms with Gasteiger partial charge in [0.1, 0.15) is 11.5 Å². The fourth-order valence-electron chi connectivity index (χ4n) is 2.79. The molecule has 0 atom stereocenters. The van der Waals surface area contributed by atoms with E-state index in [0.29, 0.717) is 0 Å². The number of nitrogens with zero attached hydrogens (tertiary/aromatic N) is 4. The van der Waals surface area contributed by atoms with Gasteiger partial charge in [0.2, 0.25) is 0 Å². The standard InChI is InChI=1S/C19H17ClF3N5O/c1-4-7-19(22,23)16-9-15(28(3)25-16)12-6-5-11(8-14(12)21)24-18(29)17-13(20)10-27(2)26-17/h4-6,8-10H,1,7H2,2-3H3,(H,24,29). The SMILES string of the molecule is C=CCC(F)(F)c1cc(-c2ccc(NC(=O)c3nn(C)cc3Cl)cc2F)n(C)n1. The summed E-state index contributed by atoms with van der Waals surface area (Å²) in [6.45, 7) is 3.31. The van der Waals surface area contributed by atoms with Crippen molar-refractivity contribution < 1.29 is 18.0 Å². The van der Waals surface area contributed by atoms with Gasteiger partial charge in [-0.2, -0.15) is 19.0 Å². The first-order chi connectivity index (χ1) is 13.6. The van der Waals surface area contributed by atoms with Gasteiger partial charge in [-0.1, -0.05) is 17.7 Å². The third-order valence-electron chi connectivity index (χ3n) is 4.16. The average molecular weight is 424 g/mol. The maximum Gasteiger partial charge on any atom is 0.294 e. The minimum absolute atomic E-state index is 0.000576. The number of aryl methyl sites for hydroxylation is 2. The topological polar surface area (TPSA) is 64.7 Å². The summed E-state index contributed by atoms with van der Waals surface area (Å²) in [6, 6.07) is 5.03. The minimum atomic E-state index is -3.20. The van der Waals surface area contributed by atoms with Crippen LogP contribution in [-0.2, 0) is 20.0 Å². The van der Waals surface area contributed by atoms with Crippen molar-refractivity contribution in [1.29, 1.82) is 0 Å². The molecular formula is C19H17ClF3N5O. The van der Waals surface area contributed by atoms with E-state index in [1.165, 1.54) is 34.7 Å². The van der Waals surface area contributed by atoms with Crippen LogP contribution in [0, 0.1) is 5.82 Å². The molecule has 1 N–H and O–H groups in total. The number of benzene rings is 1. The Bertz CT molecular complexity index is 1090. The normalized spacial score (nSPS) is 11.5. The Balaban J connectivity index is 1.87. The summed E-state index contributed by atoms with van der Waals surface area (Å²) in [5, 5.41) is 10.4. The molecule has 0 aliphatic carbocycles. The molecule has 3 rings (SSSR count). The highest BCUT2D eigenvalue weighted by Crippen LogP contribution is 2.34. The van der Waals surface area contributed by atoms with Crippen molar-refractivity contribution >= 4 is 23.2 Å². The highest BCUT2D eigenvalue weighted by molar-refractivity contribution is 6.34. The summed E-state index contributed by atoms with van der Waals surface area (Å²) < 4.78 is 45.3. The number of rotatable bonds is 6. The van der Waals surface area contributed by atoms with Gasteiger partial charge in [0.15, 0.2) is 5.69 Å². The first kappa shape index (κ1) is 20.7. The molecule has 0 aliphatic rings. The number of aromatic nitrogens is 4. The van der Waals surface area contributed by atoms with Crippen LogP contribution in [-0.4, -0.2) is 25.5 Å². The number of carbonyl (C=O) groups is 1. The van der Waals surface area contributed by atoms with Crippen LogP contribution in [0.5, 0.6) is 0 Å². The number of anilines is 1. The van der Waals surface area contributed by atoms with Crippen LogP contribution >= 0.6 is 11.6 Å². The third kappa shape index (κ3) is 4.19. The first-order valence-electron chi connectivity index (χ1n) is 8.46. The van der Waals surface area contributed by atoms with Gasteiger partial charge in [0.25, 0.3) is 11.8 Å². The second-order valence-corrected chi connectivity index (χ2v) is 6.79. The number of carbonyl (C=O) groups excluding carboxylic acids is 1. The van der Waals surface area contributed by atoms with Crippen LogP contribution in [0.2, 0.25) is 5.02 Å². The predicted molar refractivity (Wildman–Crippen MR) is 103 cm³/mol. The van der Waals surface area contributed by atoms with E-state index in [-0.39, 0.29) is 27.7 Å². The van der Waals surface area contributed by atoms with E-state index < -0.39 is 29.8 Å². The molecule has 0 radical (unpaired) electrons. The zero-order valence-corrected chi connectivity index (χ0v) is 16.3. The van der Waals surface area contributed by atoms with Crippen LogP contribution in [0.3, 0.4) is 0 Å². The van der Waals surface area contributed by atoms with Gasteiger partial charge in [-0.05, 0) is 24.3 Å². The van der Waals surface area contributed by atoms with E-state index in [1.54, 1.807) is 7.05 Å². The Kier molecular flexibility index (Phi) is 5.52. The number of nitrogens with one attached hydrogen (secondary N) is 1. The van der Waals surface area contributed by atoms with Crippen molar-refractivity contribution in [2.24, 2.45) is 14.1 Å². The molecule has 0 unspecified atom stereocenters. The van der Waals surface area contributed by atoms with Gasteiger partial charge in [-0.15, -0.1) is 6.58 Å². The quantitative estimate of drug-likeness (QED) is 0.592. The highest BCUT2D eigenvalue weighted by Gasteiger charge is 2.34. The minimum Gasteiger partial charge on any atom is -0.320 e. The molecule has 1 aromatic carbocycles. The van der Waals surface area contributed by atoms with Crippen molar-refractivity contribution in [2.45, 2.75) is 12.3 Å². The fraction of sp³-hybridized carbons (Fsp3) is 0.211. The summed E-state index contributed by atoms with van der Waals surface area (Å²) >= 11 is 5.93. The van der Waals surface area contributed by atoms with Crippen LogP contribution in [0.1, 0.15) is 22.6 Å². The lowest BCUT2D eigenvalue weighted by Gasteiger charge is -2.09. The molecule has 2 heterocycles. The van der Waals surface area contributed by atoms with Gasteiger partial charge in [-0.25, -0.2) is 4.39 Å². The van der Waals surface area contributed by atoms with E-state index in [2.05, 4.69) is 22.1 Å². The van der Waals surface area contributed by atoms with E-state index in [4.69, 9.17) is 11.6 Å². The number of hydrogen-bond donors (Lipinski definition) is 1. The van der Waals surface area contributed by atoms with Crippen LogP contribution < -0.4 is 5.32 Å². The van der Waals surface area contributed by atoms with E-state index in [0.717, 1.165) is 18.2 Å². The van der Waals surface area contributed by atoms with Crippen molar-refractivity contribution in [3.63, 3.8) is 0 Å². The lowest BCUT2D eigenvalue weighted by atomic mass is 10.1. The van der Waals surface area contributed by atoms with E-state index in [1.807, 2.05) is 0 Å². The maximum atomic E-state index is 14.7. The number of amides is 1. The molecule has 3 aromatic rings. The summed E-state index contributed by atoms with van der Waals surface area (Å²) in [4.78, 5) is 12.2. The molecule has 10 heteroatoms. The summed E-state index contributed by atoms with van der Waals surface area (Å²) in [5.74, 6) is -4.52. The average Bonchev–Trinajstić information content (AvgIpc) is 3.17. The predicted octanol–water partition coefficient (Wildman–Crippen LogP) is 4.53. The van der Waals surface area contributed by atoms with Gasteiger partial charge in [-0.3, -0.25) is 14.2 Å². The second-order valence-electron chi connectivity index (χ2n) is 6.38. The molecule has 0 saturated carbocycles.